The molecule has 3 nitrogen and oxygen atoms in total. The average molecular weight is 389 g/mol. The van der Waals surface area contributed by atoms with Gasteiger partial charge in [0, 0.05) is 17.5 Å². The van der Waals surface area contributed by atoms with Gasteiger partial charge in [0.1, 0.15) is 17.9 Å². The summed E-state index contributed by atoms with van der Waals surface area (Å²) in [5.41, 5.74) is 3.78. The van der Waals surface area contributed by atoms with Gasteiger partial charge in [0.15, 0.2) is 0 Å². The number of unbranched alkanes of at least 4 members (excludes halogenated alkanes) is 1. The lowest BCUT2D eigenvalue weighted by Gasteiger charge is -2.10. The van der Waals surface area contributed by atoms with Gasteiger partial charge in [0.2, 0.25) is 0 Å². The number of halogens is 1. The molecular weight excluding hydrogens is 360 g/mol. The Kier molecular flexibility index (Phi) is 8.18. The molecule has 0 fully saturated rings. The van der Waals surface area contributed by atoms with E-state index in [-0.39, 0.29) is 5.63 Å². The molecule has 0 aliphatic carbocycles. The molecule has 0 saturated heterocycles. The van der Waals surface area contributed by atoms with Crippen LogP contribution < -0.4 is 10.4 Å². The second-order valence-corrected chi connectivity index (χ2v) is 7.56. The van der Waals surface area contributed by atoms with Crippen LogP contribution >= 0.6 is 11.6 Å². The van der Waals surface area contributed by atoms with E-state index in [2.05, 4.69) is 39.8 Å². The molecule has 4 heteroatoms. The van der Waals surface area contributed by atoms with Crippen molar-refractivity contribution in [1.29, 1.82) is 0 Å². The highest BCUT2D eigenvalue weighted by Crippen LogP contribution is 2.31. The highest BCUT2D eigenvalue weighted by Gasteiger charge is 2.11. The van der Waals surface area contributed by atoms with E-state index < -0.39 is 0 Å². The van der Waals surface area contributed by atoms with Gasteiger partial charge in [-0.25, -0.2) is 4.79 Å². The van der Waals surface area contributed by atoms with Crippen molar-refractivity contribution in [2.24, 2.45) is 0 Å². The fourth-order valence-electron chi connectivity index (χ4n) is 2.88. The van der Waals surface area contributed by atoms with Gasteiger partial charge in [-0.15, -0.1) is 0 Å². The zero-order chi connectivity index (χ0) is 19.8. The third kappa shape index (κ3) is 6.59. The number of hydrogen-bond donors (Lipinski definition) is 0. The van der Waals surface area contributed by atoms with E-state index in [1.54, 1.807) is 12.1 Å². The van der Waals surface area contributed by atoms with Crippen molar-refractivity contribution in [1.82, 2.24) is 0 Å². The van der Waals surface area contributed by atoms with E-state index in [1.807, 2.05) is 6.07 Å². The fourth-order valence-corrected chi connectivity index (χ4v) is 3.10. The average Bonchev–Trinajstić information content (AvgIpc) is 2.60. The molecule has 27 heavy (non-hydrogen) atoms. The molecule has 0 bridgehead atoms. The summed E-state index contributed by atoms with van der Waals surface area (Å²) < 4.78 is 11.2. The van der Waals surface area contributed by atoms with Crippen molar-refractivity contribution < 1.29 is 9.15 Å². The SMILES string of the molecule is CCCCc1cc(=O)oc2cc(OCC=C(C)CCC=C(C)C)c(Cl)cc12. The van der Waals surface area contributed by atoms with Crippen LogP contribution in [0.3, 0.4) is 0 Å². The van der Waals surface area contributed by atoms with Crippen molar-refractivity contribution >= 4 is 22.6 Å². The van der Waals surface area contributed by atoms with Crippen LogP contribution in [0.4, 0.5) is 0 Å². The van der Waals surface area contributed by atoms with Crippen LogP contribution in [0.1, 0.15) is 58.9 Å². The lowest BCUT2D eigenvalue weighted by Crippen LogP contribution is -2.02. The number of allylic oxidation sites excluding steroid dienone is 3. The molecule has 2 aromatic rings. The van der Waals surface area contributed by atoms with E-state index in [0.29, 0.717) is 23.0 Å². The number of hydrogen-bond acceptors (Lipinski definition) is 3. The molecule has 0 aliphatic heterocycles. The third-order valence-corrected chi connectivity index (χ3v) is 4.74. The quantitative estimate of drug-likeness (QED) is 0.348. The molecule has 0 N–H and O–H groups in total. The smallest absolute Gasteiger partial charge is 0.336 e. The molecule has 0 unspecified atom stereocenters. The van der Waals surface area contributed by atoms with Gasteiger partial charge in [0.25, 0.3) is 0 Å². The summed E-state index contributed by atoms with van der Waals surface area (Å²) in [7, 11) is 0. The molecular formula is C23H29ClO3. The predicted octanol–water partition coefficient (Wildman–Crippen LogP) is 6.86. The first-order chi connectivity index (χ1) is 12.9. The lowest BCUT2D eigenvalue weighted by molar-refractivity contribution is 0.361. The van der Waals surface area contributed by atoms with Crippen LogP contribution in [0.2, 0.25) is 5.02 Å². The third-order valence-electron chi connectivity index (χ3n) is 4.44. The molecule has 1 aromatic carbocycles. The Morgan fingerprint density at radius 1 is 1.19 bits per heavy atom. The maximum atomic E-state index is 11.9. The van der Waals surface area contributed by atoms with Crippen LogP contribution in [0.5, 0.6) is 5.75 Å². The first-order valence-electron chi connectivity index (χ1n) is 9.58. The highest BCUT2D eigenvalue weighted by molar-refractivity contribution is 6.32. The van der Waals surface area contributed by atoms with Gasteiger partial charge in [-0.05, 0) is 64.2 Å². The second-order valence-electron chi connectivity index (χ2n) is 7.15. The van der Waals surface area contributed by atoms with E-state index in [0.717, 1.165) is 43.1 Å². The van der Waals surface area contributed by atoms with E-state index in [4.69, 9.17) is 20.8 Å². The van der Waals surface area contributed by atoms with Crippen LogP contribution in [0, 0.1) is 0 Å². The number of rotatable bonds is 9. The van der Waals surface area contributed by atoms with Crippen molar-refractivity contribution in [3.8, 4) is 5.75 Å². The summed E-state index contributed by atoms with van der Waals surface area (Å²) in [5.74, 6) is 0.535. The topological polar surface area (TPSA) is 39.4 Å². The fraction of sp³-hybridized carbons (Fsp3) is 0.435. The Morgan fingerprint density at radius 3 is 2.67 bits per heavy atom. The summed E-state index contributed by atoms with van der Waals surface area (Å²) in [5, 5.41) is 1.42. The number of ether oxygens (including phenoxy) is 1. The minimum atomic E-state index is -0.336. The minimum absolute atomic E-state index is 0.336. The first kappa shape index (κ1) is 21.3. The number of benzene rings is 1. The molecule has 1 heterocycles. The second kappa shape index (κ2) is 10.4. The highest BCUT2D eigenvalue weighted by atomic mass is 35.5. The monoisotopic (exact) mass is 388 g/mol. The van der Waals surface area contributed by atoms with E-state index in [1.165, 1.54) is 11.1 Å². The van der Waals surface area contributed by atoms with Crippen molar-refractivity contribution in [3.63, 3.8) is 0 Å². The lowest BCUT2D eigenvalue weighted by atomic mass is 10.0. The summed E-state index contributed by atoms with van der Waals surface area (Å²) in [6.07, 6.45) is 9.26. The van der Waals surface area contributed by atoms with Crippen LogP contribution in [-0.4, -0.2) is 6.61 Å². The van der Waals surface area contributed by atoms with Crippen molar-refractivity contribution in [2.45, 2.75) is 59.8 Å². The predicted molar refractivity (Wildman–Crippen MR) is 114 cm³/mol. The molecule has 0 atom stereocenters. The first-order valence-corrected chi connectivity index (χ1v) is 9.96. The van der Waals surface area contributed by atoms with Gasteiger partial charge in [0.05, 0.1) is 5.02 Å². The molecule has 0 amide bonds. The van der Waals surface area contributed by atoms with Gasteiger partial charge in [-0.1, -0.05) is 42.2 Å². The summed E-state index contributed by atoms with van der Waals surface area (Å²) in [6.45, 7) is 8.88. The van der Waals surface area contributed by atoms with Gasteiger partial charge >= 0.3 is 5.63 Å². The Balaban J connectivity index is 2.14. The molecule has 0 radical (unpaired) electrons. The molecule has 0 saturated carbocycles. The Morgan fingerprint density at radius 2 is 1.96 bits per heavy atom. The maximum Gasteiger partial charge on any atom is 0.336 e. The standard InChI is InChI=1S/C23H29ClO3/c1-5-6-10-18-13-23(25)27-21-15-22(20(24)14-19(18)21)26-12-11-17(4)9-7-8-16(2)3/h8,11,13-15H,5-7,9-10,12H2,1-4H3. The molecule has 146 valence electrons. The molecule has 2 rings (SSSR count). The van der Waals surface area contributed by atoms with Gasteiger partial charge < -0.3 is 9.15 Å². The number of aryl methyl sites for hydroxylation is 1. The molecule has 0 spiro atoms. The Bertz CT molecular complexity index is 886. The normalized spacial score (nSPS) is 11.7. The Labute approximate surface area is 166 Å². The summed E-state index contributed by atoms with van der Waals surface area (Å²) in [6, 6.07) is 5.12. The van der Waals surface area contributed by atoms with Crippen LogP contribution in [0.25, 0.3) is 11.0 Å². The van der Waals surface area contributed by atoms with Crippen LogP contribution in [-0.2, 0) is 6.42 Å². The molecule has 0 aliphatic rings. The van der Waals surface area contributed by atoms with Crippen molar-refractivity contribution in [2.75, 3.05) is 6.61 Å². The van der Waals surface area contributed by atoms with Gasteiger partial charge in [-0.3, -0.25) is 0 Å². The Hall–Kier alpha value is -2.00. The van der Waals surface area contributed by atoms with Gasteiger partial charge in [-0.2, -0.15) is 0 Å². The van der Waals surface area contributed by atoms with Crippen molar-refractivity contribution in [3.05, 3.63) is 62.5 Å². The number of fused-ring (bicyclic) bond motifs is 1. The zero-order valence-corrected chi connectivity index (χ0v) is 17.5. The largest absolute Gasteiger partial charge is 0.488 e. The maximum absolute atomic E-state index is 11.9. The minimum Gasteiger partial charge on any atom is -0.488 e. The van der Waals surface area contributed by atoms with E-state index in [9.17, 15) is 4.79 Å². The van der Waals surface area contributed by atoms with E-state index >= 15 is 0 Å². The molecule has 1 aromatic heterocycles. The summed E-state index contributed by atoms with van der Waals surface area (Å²) in [4.78, 5) is 11.9. The zero-order valence-electron chi connectivity index (χ0n) is 16.7. The summed E-state index contributed by atoms with van der Waals surface area (Å²) >= 11 is 6.41. The van der Waals surface area contributed by atoms with Crippen LogP contribution in [0.15, 0.2) is 50.7 Å².